The number of epoxide rings is 2. The molecule has 9 heteroatoms. The summed E-state index contributed by atoms with van der Waals surface area (Å²) in [6, 6.07) is 0. The summed E-state index contributed by atoms with van der Waals surface area (Å²) < 4.78 is 23.8. The molecule has 2 saturated heterocycles. The summed E-state index contributed by atoms with van der Waals surface area (Å²) in [5, 5.41) is 8.34. The number of allylic oxidation sites excluding steroid dienone is 1. The van der Waals surface area contributed by atoms with Crippen LogP contribution in [0.2, 0.25) is 0 Å². The summed E-state index contributed by atoms with van der Waals surface area (Å²) in [4.78, 5) is 23.8. The second kappa shape index (κ2) is 10.5. The number of rotatable bonds is 11. The molecule has 2 amide bonds. The Hall–Kier alpha value is -1.68. The molecule has 3 N–H and O–H groups in total. The zero-order chi connectivity index (χ0) is 23.4. The molecular formula is C23H39N3O6. The quantitative estimate of drug-likeness (QED) is 0.247. The highest BCUT2D eigenvalue weighted by molar-refractivity contribution is 5.77. The average molecular weight is 454 g/mol. The number of methoxy groups -OCH3 is 1. The van der Waals surface area contributed by atoms with Crippen molar-refractivity contribution < 1.29 is 28.5 Å². The minimum absolute atomic E-state index is 0.00417. The number of carbonyl (C=O) groups excluding carboxylic acids is 2. The van der Waals surface area contributed by atoms with E-state index in [1.807, 2.05) is 0 Å². The molecular weight excluding hydrogens is 414 g/mol. The van der Waals surface area contributed by atoms with Crippen LogP contribution in [0.4, 0.5) is 4.79 Å². The third-order valence-electron chi connectivity index (χ3n) is 6.78. The van der Waals surface area contributed by atoms with E-state index in [2.05, 4.69) is 42.8 Å². The smallest absolute Gasteiger partial charge is 0.407 e. The Morgan fingerprint density at radius 1 is 1.22 bits per heavy atom. The number of hydrogen-bond donors (Lipinski definition) is 3. The van der Waals surface area contributed by atoms with E-state index < -0.39 is 6.09 Å². The molecule has 3 fully saturated rings. The van der Waals surface area contributed by atoms with Crippen molar-refractivity contribution in [2.24, 2.45) is 5.92 Å². The first kappa shape index (κ1) is 25.0. The average Bonchev–Trinajstić information content (AvgIpc) is 3.65. The summed E-state index contributed by atoms with van der Waals surface area (Å²) in [6.07, 6.45) is 4.20. The minimum Gasteiger partial charge on any atom is -0.443 e. The molecule has 3 rings (SSSR count). The molecule has 0 bridgehead atoms. The van der Waals surface area contributed by atoms with Gasteiger partial charge in [0.1, 0.15) is 23.4 Å². The Labute approximate surface area is 190 Å². The van der Waals surface area contributed by atoms with E-state index in [1.54, 1.807) is 14.2 Å². The Morgan fingerprint density at radius 2 is 1.94 bits per heavy atom. The van der Waals surface area contributed by atoms with Gasteiger partial charge in [-0.2, -0.15) is 0 Å². The van der Waals surface area contributed by atoms with Gasteiger partial charge in [-0.05, 0) is 53.5 Å². The number of alkyl carbamates (subject to hydrolysis) is 1. The summed E-state index contributed by atoms with van der Waals surface area (Å²) in [5.74, 6) is -0.0642. The second-order valence-electron chi connectivity index (χ2n) is 9.48. The maximum Gasteiger partial charge on any atom is 0.407 e. The van der Waals surface area contributed by atoms with E-state index in [9.17, 15) is 9.59 Å². The van der Waals surface area contributed by atoms with Crippen molar-refractivity contribution >= 4 is 12.0 Å². The molecule has 0 aromatic rings. The first-order valence-corrected chi connectivity index (χ1v) is 11.6. The van der Waals surface area contributed by atoms with Gasteiger partial charge in [-0.3, -0.25) is 4.79 Å². The standard InChI is InChI=1S/C23H39N3O6/c1-15(2)7-8-17-22(3,32-17)20-19(29-5)16(9-10-23(20)14-30-23)31-21(28)26-12-6-11-25-18(27)13-24-4/h7,16-17,19-20,24H,6,8-14H2,1-5H3,(H,25,27)(H,26,28)/t16?,17-,19?,20?,22-,23+/m1/s1. The van der Waals surface area contributed by atoms with Gasteiger partial charge in [-0.15, -0.1) is 0 Å². The monoisotopic (exact) mass is 453 g/mol. The molecule has 2 heterocycles. The molecule has 0 radical (unpaired) electrons. The highest BCUT2D eigenvalue weighted by atomic mass is 16.6. The molecule has 182 valence electrons. The first-order chi connectivity index (χ1) is 15.3. The van der Waals surface area contributed by atoms with Gasteiger partial charge in [0.2, 0.25) is 5.91 Å². The predicted octanol–water partition coefficient (Wildman–Crippen LogP) is 1.51. The van der Waals surface area contributed by atoms with Crippen molar-refractivity contribution in [2.45, 2.75) is 76.0 Å². The number of likely N-dealkylation sites (N-methyl/N-ethyl adjacent to an activating group) is 1. The molecule has 9 nitrogen and oxygen atoms in total. The van der Waals surface area contributed by atoms with E-state index in [0.717, 1.165) is 12.8 Å². The van der Waals surface area contributed by atoms with Crippen molar-refractivity contribution in [3.63, 3.8) is 0 Å². The lowest BCUT2D eigenvalue weighted by atomic mass is 9.68. The van der Waals surface area contributed by atoms with Gasteiger partial charge in [-0.25, -0.2) is 4.79 Å². The molecule has 32 heavy (non-hydrogen) atoms. The fourth-order valence-corrected chi connectivity index (χ4v) is 4.98. The topological polar surface area (TPSA) is 114 Å². The van der Waals surface area contributed by atoms with Crippen molar-refractivity contribution in [2.75, 3.05) is 40.4 Å². The van der Waals surface area contributed by atoms with E-state index in [1.165, 1.54) is 5.57 Å². The van der Waals surface area contributed by atoms with Gasteiger partial charge in [0.05, 0.1) is 25.2 Å². The summed E-state index contributed by atoms with van der Waals surface area (Å²) in [5.41, 5.74) is 0.677. The summed E-state index contributed by atoms with van der Waals surface area (Å²) in [7, 11) is 3.38. The summed E-state index contributed by atoms with van der Waals surface area (Å²) >= 11 is 0. The van der Waals surface area contributed by atoms with E-state index in [-0.39, 0.29) is 47.9 Å². The van der Waals surface area contributed by atoms with Crippen molar-refractivity contribution in [3.8, 4) is 0 Å². The second-order valence-corrected chi connectivity index (χ2v) is 9.48. The maximum absolute atomic E-state index is 12.4. The van der Waals surface area contributed by atoms with Crippen LogP contribution in [0.5, 0.6) is 0 Å². The fraction of sp³-hybridized carbons (Fsp3) is 0.826. The van der Waals surface area contributed by atoms with Crippen LogP contribution in [0.25, 0.3) is 0 Å². The normalized spacial score (nSPS) is 35.2. The molecule has 0 aromatic heterocycles. The Balaban J connectivity index is 1.51. The number of carbonyl (C=O) groups is 2. The van der Waals surface area contributed by atoms with Crippen molar-refractivity contribution in [1.29, 1.82) is 0 Å². The number of hydrogen-bond acceptors (Lipinski definition) is 7. The van der Waals surface area contributed by atoms with E-state index >= 15 is 0 Å². The molecule has 1 saturated carbocycles. The van der Waals surface area contributed by atoms with Crippen molar-refractivity contribution in [3.05, 3.63) is 11.6 Å². The van der Waals surface area contributed by atoms with Gasteiger partial charge in [0.15, 0.2) is 0 Å². The first-order valence-electron chi connectivity index (χ1n) is 11.6. The lowest BCUT2D eigenvalue weighted by Crippen LogP contribution is -2.56. The molecule has 3 aliphatic rings. The molecule has 1 aliphatic carbocycles. The SMILES string of the molecule is CNCC(=O)NCCCNC(=O)OC1CC[C@]2(CO2)C([C@]2(C)O[C@@H]2CC=C(C)C)C1OC. The van der Waals surface area contributed by atoms with Crippen LogP contribution >= 0.6 is 0 Å². The van der Waals surface area contributed by atoms with E-state index in [4.69, 9.17) is 18.9 Å². The Kier molecular flexibility index (Phi) is 8.19. The van der Waals surface area contributed by atoms with Crippen LogP contribution in [-0.4, -0.2) is 81.9 Å². The molecule has 6 atom stereocenters. The van der Waals surface area contributed by atoms with Gasteiger partial charge in [-0.1, -0.05) is 11.6 Å². The Bertz CT molecular complexity index is 706. The largest absolute Gasteiger partial charge is 0.443 e. The molecule has 1 spiro atoms. The highest BCUT2D eigenvalue weighted by Gasteiger charge is 2.72. The van der Waals surface area contributed by atoms with Crippen LogP contribution in [-0.2, 0) is 23.7 Å². The van der Waals surface area contributed by atoms with Gasteiger partial charge in [0, 0.05) is 20.2 Å². The zero-order valence-corrected chi connectivity index (χ0v) is 20.0. The third-order valence-corrected chi connectivity index (χ3v) is 6.78. The minimum atomic E-state index is -0.465. The van der Waals surface area contributed by atoms with Crippen LogP contribution in [0.1, 0.15) is 46.5 Å². The highest BCUT2D eigenvalue weighted by Crippen LogP contribution is 2.59. The number of nitrogens with one attached hydrogen (secondary N) is 3. The van der Waals surface area contributed by atoms with Gasteiger partial charge < -0.3 is 34.9 Å². The van der Waals surface area contributed by atoms with Crippen LogP contribution < -0.4 is 16.0 Å². The molecule has 3 unspecified atom stereocenters. The summed E-state index contributed by atoms with van der Waals surface area (Å²) in [6.45, 7) is 8.19. The van der Waals surface area contributed by atoms with Gasteiger partial charge >= 0.3 is 6.09 Å². The number of ether oxygens (including phenoxy) is 4. The van der Waals surface area contributed by atoms with Gasteiger partial charge in [0.25, 0.3) is 0 Å². The lowest BCUT2D eigenvalue weighted by Gasteiger charge is -2.42. The molecule has 2 aliphatic heterocycles. The maximum atomic E-state index is 12.4. The van der Waals surface area contributed by atoms with Crippen LogP contribution in [0, 0.1) is 5.92 Å². The fourth-order valence-electron chi connectivity index (χ4n) is 4.98. The van der Waals surface area contributed by atoms with Crippen LogP contribution in [0.3, 0.4) is 0 Å². The van der Waals surface area contributed by atoms with Crippen LogP contribution in [0.15, 0.2) is 11.6 Å². The third kappa shape index (κ3) is 5.81. The van der Waals surface area contributed by atoms with E-state index in [0.29, 0.717) is 32.5 Å². The molecule has 0 aromatic carbocycles. The Morgan fingerprint density at radius 3 is 2.56 bits per heavy atom. The zero-order valence-electron chi connectivity index (χ0n) is 20.0. The number of amides is 2. The van der Waals surface area contributed by atoms with Crippen molar-refractivity contribution in [1.82, 2.24) is 16.0 Å². The lowest BCUT2D eigenvalue weighted by molar-refractivity contribution is -0.120. The predicted molar refractivity (Wildman–Crippen MR) is 119 cm³/mol.